The van der Waals surface area contributed by atoms with Gasteiger partial charge < -0.3 is 16.0 Å². The van der Waals surface area contributed by atoms with Crippen molar-refractivity contribution < 1.29 is 14.0 Å². The van der Waals surface area contributed by atoms with Crippen molar-refractivity contribution in [3.05, 3.63) is 35.6 Å². The number of halogens is 1. The molecule has 2 rings (SSSR count). The van der Waals surface area contributed by atoms with Gasteiger partial charge in [-0.25, -0.2) is 9.18 Å². The maximum absolute atomic E-state index is 13.4. The molecule has 0 spiro atoms. The Kier molecular flexibility index (Phi) is 5.14. The molecule has 3 amide bonds. The molecule has 1 aromatic carbocycles. The topological polar surface area (TPSA) is 75.4 Å². The molecule has 1 aromatic rings. The number of primary amides is 1. The van der Waals surface area contributed by atoms with Crippen LogP contribution in [0, 0.1) is 5.82 Å². The number of carbonyl (C=O) groups excluding carboxylic acids is 2. The Bertz CT molecular complexity index is 521. The maximum atomic E-state index is 13.4. The molecule has 1 heterocycles. The summed E-state index contributed by atoms with van der Waals surface area (Å²) in [5.74, 6) is -0.496. The van der Waals surface area contributed by atoms with Crippen LogP contribution < -0.4 is 11.1 Å². The number of nitrogens with one attached hydrogen (secondary N) is 1. The molecule has 0 unspecified atom stereocenters. The lowest BCUT2D eigenvalue weighted by Crippen LogP contribution is -2.43. The molecule has 1 saturated heterocycles. The van der Waals surface area contributed by atoms with Crippen LogP contribution in [0.5, 0.6) is 0 Å². The normalized spacial score (nSPS) is 18.9. The Morgan fingerprint density at radius 1 is 1.33 bits per heavy atom. The zero-order valence-electron chi connectivity index (χ0n) is 11.8. The minimum absolute atomic E-state index is 0.124. The van der Waals surface area contributed by atoms with E-state index in [0.717, 1.165) is 31.2 Å². The van der Waals surface area contributed by atoms with Crippen LogP contribution in [-0.2, 0) is 4.79 Å². The fourth-order valence-electron chi connectivity index (χ4n) is 2.73. The van der Waals surface area contributed by atoms with Crippen LogP contribution in [0.15, 0.2) is 24.3 Å². The van der Waals surface area contributed by atoms with Crippen LogP contribution in [0.1, 0.15) is 37.3 Å². The van der Waals surface area contributed by atoms with Gasteiger partial charge in [0, 0.05) is 6.54 Å². The zero-order chi connectivity index (χ0) is 15.2. The van der Waals surface area contributed by atoms with Crippen molar-refractivity contribution in [1.82, 2.24) is 10.2 Å². The van der Waals surface area contributed by atoms with Crippen LogP contribution in [0.2, 0.25) is 0 Å². The van der Waals surface area contributed by atoms with Crippen molar-refractivity contribution in [1.29, 1.82) is 0 Å². The molecule has 0 bridgehead atoms. The predicted molar refractivity (Wildman–Crippen MR) is 76.9 cm³/mol. The summed E-state index contributed by atoms with van der Waals surface area (Å²) in [6.45, 7) is 0.488. The van der Waals surface area contributed by atoms with Gasteiger partial charge >= 0.3 is 6.03 Å². The monoisotopic (exact) mass is 293 g/mol. The molecule has 0 saturated carbocycles. The maximum Gasteiger partial charge on any atom is 0.312 e. The summed E-state index contributed by atoms with van der Waals surface area (Å²) in [5, 5.41) is 2.32. The van der Waals surface area contributed by atoms with E-state index in [-0.39, 0.29) is 24.3 Å². The van der Waals surface area contributed by atoms with Crippen molar-refractivity contribution in [2.45, 2.75) is 31.7 Å². The fraction of sp³-hybridized carbons (Fsp3) is 0.467. The molecule has 0 aromatic heterocycles. The molecule has 6 heteroatoms. The summed E-state index contributed by atoms with van der Waals surface area (Å²) < 4.78 is 13.4. The second kappa shape index (κ2) is 7.06. The van der Waals surface area contributed by atoms with Gasteiger partial charge in [0.05, 0.1) is 12.6 Å². The predicted octanol–water partition coefficient (Wildman–Crippen LogP) is 1.94. The van der Waals surface area contributed by atoms with Gasteiger partial charge in [0.1, 0.15) is 5.82 Å². The molecule has 1 fully saturated rings. The lowest BCUT2D eigenvalue weighted by molar-refractivity contribution is -0.132. The average Bonchev–Trinajstić information content (AvgIpc) is 2.70. The number of amides is 3. The van der Waals surface area contributed by atoms with Gasteiger partial charge in [-0.15, -0.1) is 0 Å². The molecule has 21 heavy (non-hydrogen) atoms. The number of carbonyl (C=O) groups is 2. The first-order chi connectivity index (χ1) is 10.1. The van der Waals surface area contributed by atoms with E-state index in [1.807, 2.05) is 6.07 Å². The van der Waals surface area contributed by atoms with Gasteiger partial charge in [0.25, 0.3) is 0 Å². The van der Waals surface area contributed by atoms with E-state index in [9.17, 15) is 14.0 Å². The van der Waals surface area contributed by atoms with Crippen molar-refractivity contribution in [2.24, 2.45) is 5.73 Å². The number of urea groups is 1. The number of nitrogens with two attached hydrogens (primary N) is 1. The second-order valence-electron chi connectivity index (χ2n) is 5.23. The lowest BCUT2D eigenvalue weighted by atomic mass is 10.0. The van der Waals surface area contributed by atoms with Crippen molar-refractivity contribution in [3.63, 3.8) is 0 Å². The molecular formula is C15H20FN3O2. The van der Waals surface area contributed by atoms with Crippen LogP contribution in [0.25, 0.3) is 0 Å². The number of hydrogen-bond acceptors (Lipinski definition) is 2. The van der Waals surface area contributed by atoms with Crippen molar-refractivity contribution >= 4 is 11.9 Å². The lowest BCUT2D eigenvalue weighted by Gasteiger charge is -2.30. The van der Waals surface area contributed by atoms with E-state index in [1.54, 1.807) is 11.0 Å². The SMILES string of the molecule is NC(=O)NCC(=O)N1CCCCC[C@@H]1c1cccc(F)c1. The summed E-state index contributed by atoms with van der Waals surface area (Å²) in [5.41, 5.74) is 5.79. The number of benzene rings is 1. The molecule has 0 aliphatic carbocycles. The number of hydrogen-bond donors (Lipinski definition) is 2. The van der Waals surface area contributed by atoms with Gasteiger partial charge in [-0.3, -0.25) is 4.79 Å². The Hall–Kier alpha value is -2.11. The number of rotatable bonds is 3. The third kappa shape index (κ3) is 4.18. The Morgan fingerprint density at radius 3 is 2.86 bits per heavy atom. The molecule has 5 nitrogen and oxygen atoms in total. The minimum atomic E-state index is -0.722. The highest BCUT2D eigenvalue weighted by atomic mass is 19.1. The number of likely N-dealkylation sites (tertiary alicyclic amines) is 1. The van der Waals surface area contributed by atoms with Crippen LogP contribution in [0.4, 0.5) is 9.18 Å². The molecule has 1 atom stereocenters. The smallest absolute Gasteiger partial charge is 0.312 e. The molecule has 1 aliphatic rings. The van der Waals surface area contributed by atoms with Gasteiger partial charge in [0.15, 0.2) is 0 Å². The summed E-state index contributed by atoms with van der Waals surface area (Å²) in [6, 6.07) is 5.48. The van der Waals surface area contributed by atoms with E-state index in [2.05, 4.69) is 5.32 Å². The fourth-order valence-corrected chi connectivity index (χ4v) is 2.73. The third-order valence-corrected chi connectivity index (χ3v) is 3.72. The van der Waals surface area contributed by atoms with E-state index >= 15 is 0 Å². The van der Waals surface area contributed by atoms with Gasteiger partial charge in [-0.1, -0.05) is 25.0 Å². The summed E-state index contributed by atoms with van der Waals surface area (Å²) >= 11 is 0. The largest absolute Gasteiger partial charge is 0.352 e. The van der Waals surface area contributed by atoms with E-state index in [0.29, 0.717) is 6.54 Å². The summed E-state index contributed by atoms with van der Waals surface area (Å²) in [7, 11) is 0. The molecule has 3 N–H and O–H groups in total. The highest BCUT2D eigenvalue weighted by Gasteiger charge is 2.26. The second-order valence-corrected chi connectivity index (χ2v) is 5.23. The van der Waals surface area contributed by atoms with E-state index in [1.165, 1.54) is 12.1 Å². The number of nitrogens with zero attached hydrogens (tertiary/aromatic N) is 1. The highest BCUT2D eigenvalue weighted by molar-refractivity contribution is 5.83. The zero-order valence-corrected chi connectivity index (χ0v) is 11.8. The molecule has 1 aliphatic heterocycles. The third-order valence-electron chi connectivity index (χ3n) is 3.72. The Morgan fingerprint density at radius 2 is 2.14 bits per heavy atom. The average molecular weight is 293 g/mol. The van der Waals surface area contributed by atoms with E-state index in [4.69, 9.17) is 5.73 Å². The standard InChI is InChI=1S/C15H20FN3O2/c16-12-6-4-5-11(9-12)13-7-2-1-3-8-19(13)14(20)10-18-15(17)21/h4-6,9,13H,1-3,7-8,10H2,(H3,17,18,21)/t13-/m1/s1. The first-order valence-electron chi connectivity index (χ1n) is 7.16. The van der Waals surface area contributed by atoms with Gasteiger partial charge in [-0.05, 0) is 30.5 Å². The minimum Gasteiger partial charge on any atom is -0.352 e. The van der Waals surface area contributed by atoms with Crippen molar-refractivity contribution in [2.75, 3.05) is 13.1 Å². The quantitative estimate of drug-likeness (QED) is 0.893. The van der Waals surface area contributed by atoms with E-state index < -0.39 is 6.03 Å². The first-order valence-corrected chi connectivity index (χ1v) is 7.16. The van der Waals surface area contributed by atoms with Gasteiger partial charge in [0.2, 0.25) is 5.91 Å². The van der Waals surface area contributed by atoms with Crippen molar-refractivity contribution in [3.8, 4) is 0 Å². The molecule has 0 radical (unpaired) electrons. The summed E-state index contributed by atoms with van der Waals surface area (Å²) in [4.78, 5) is 24.7. The van der Waals surface area contributed by atoms with Crippen LogP contribution in [0.3, 0.4) is 0 Å². The Balaban J connectivity index is 2.17. The van der Waals surface area contributed by atoms with Crippen LogP contribution >= 0.6 is 0 Å². The molecular weight excluding hydrogens is 273 g/mol. The van der Waals surface area contributed by atoms with Gasteiger partial charge in [-0.2, -0.15) is 0 Å². The summed E-state index contributed by atoms with van der Waals surface area (Å²) in [6.07, 6.45) is 3.74. The highest BCUT2D eigenvalue weighted by Crippen LogP contribution is 2.30. The van der Waals surface area contributed by atoms with Crippen LogP contribution in [-0.4, -0.2) is 29.9 Å². The first kappa shape index (κ1) is 15.3. The Labute approximate surface area is 123 Å². The molecule has 114 valence electrons.